The minimum atomic E-state index is 0. The summed E-state index contributed by atoms with van der Waals surface area (Å²) in [6.45, 7) is 0. The van der Waals surface area contributed by atoms with Gasteiger partial charge in [-0.05, 0) is 42.5 Å². The molecular formula is C10H15Cl2NO. The third-order valence-electron chi connectivity index (χ3n) is 2.83. The zero-order valence-corrected chi connectivity index (χ0v) is 9.48. The maximum absolute atomic E-state index is 6.06. The summed E-state index contributed by atoms with van der Waals surface area (Å²) in [5.74, 6) is 1.42. The summed E-state index contributed by atoms with van der Waals surface area (Å²) in [5.41, 5.74) is 6.06. The smallest absolute Gasteiger partial charge is 0.193 e. The second-order valence-electron chi connectivity index (χ2n) is 3.71. The van der Waals surface area contributed by atoms with E-state index in [0.717, 1.165) is 5.76 Å². The lowest BCUT2D eigenvalue weighted by Crippen LogP contribution is -2.18. The zero-order chi connectivity index (χ0) is 9.26. The molecule has 80 valence electrons. The second-order valence-corrected chi connectivity index (χ2v) is 4.08. The molecule has 0 spiro atoms. The molecular weight excluding hydrogens is 221 g/mol. The summed E-state index contributed by atoms with van der Waals surface area (Å²) >= 11 is 5.69. The normalized spacial score (nSPS) is 19.3. The first kappa shape index (κ1) is 11.9. The lowest BCUT2D eigenvalue weighted by molar-refractivity contribution is 0.370. The van der Waals surface area contributed by atoms with Gasteiger partial charge in [-0.15, -0.1) is 12.4 Å². The predicted molar refractivity (Wildman–Crippen MR) is 59.9 cm³/mol. The number of rotatable bonds is 2. The van der Waals surface area contributed by atoms with E-state index in [2.05, 4.69) is 0 Å². The zero-order valence-electron chi connectivity index (χ0n) is 7.91. The Bertz CT molecular complexity index is 281. The van der Waals surface area contributed by atoms with Crippen LogP contribution in [0, 0.1) is 5.92 Å². The molecule has 2 N–H and O–H groups in total. The van der Waals surface area contributed by atoms with E-state index >= 15 is 0 Å². The highest BCUT2D eigenvalue weighted by Gasteiger charge is 2.25. The van der Waals surface area contributed by atoms with Gasteiger partial charge in [0.25, 0.3) is 0 Å². The molecule has 1 aromatic heterocycles. The van der Waals surface area contributed by atoms with Gasteiger partial charge >= 0.3 is 0 Å². The quantitative estimate of drug-likeness (QED) is 0.852. The van der Waals surface area contributed by atoms with Crippen LogP contribution in [0.4, 0.5) is 0 Å². The Morgan fingerprint density at radius 2 is 2.00 bits per heavy atom. The van der Waals surface area contributed by atoms with E-state index in [9.17, 15) is 0 Å². The lowest BCUT2D eigenvalue weighted by atomic mass is 9.97. The van der Waals surface area contributed by atoms with Gasteiger partial charge in [-0.25, -0.2) is 0 Å². The molecule has 4 heteroatoms. The Hall–Kier alpha value is -0.180. The molecule has 0 bridgehead atoms. The van der Waals surface area contributed by atoms with Crippen molar-refractivity contribution in [2.75, 3.05) is 0 Å². The van der Waals surface area contributed by atoms with Gasteiger partial charge in [0, 0.05) is 0 Å². The summed E-state index contributed by atoms with van der Waals surface area (Å²) < 4.78 is 5.30. The summed E-state index contributed by atoms with van der Waals surface area (Å²) in [4.78, 5) is 0. The monoisotopic (exact) mass is 235 g/mol. The molecule has 1 heterocycles. The van der Waals surface area contributed by atoms with Gasteiger partial charge in [0.05, 0.1) is 6.04 Å². The van der Waals surface area contributed by atoms with Crippen molar-refractivity contribution in [3.8, 4) is 0 Å². The molecule has 0 aliphatic heterocycles. The molecule has 1 aliphatic carbocycles. The van der Waals surface area contributed by atoms with Crippen LogP contribution < -0.4 is 5.73 Å². The highest BCUT2D eigenvalue weighted by Crippen LogP contribution is 2.35. The van der Waals surface area contributed by atoms with E-state index in [1.807, 2.05) is 6.07 Å². The van der Waals surface area contributed by atoms with Gasteiger partial charge in [0.1, 0.15) is 5.76 Å². The highest BCUT2D eigenvalue weighted by molar-refractivity contribution is 6.28. The first-order chi connectivity index (χ1) is 6.27. The third kappa shape index (κ3) is 2.44. The number of nitrogens with two attached hydrogens (primary N) is 1. The Balaban J connectivity index is 0.000000980. The van der Waals surface area contributed by atoms with Crippen LogP contribution in [0.25, 0.3) is 0 Å². The van der Waals surface area contributed by atoms with Gasteiger partial charge in [0.2, 0.25) is 0 Å². The SMILES string of the molecule is Cl.N[C@H](c1ccc(Cl)o1)C1CCCC1. The van der Waals surface area contributed by atoms with E-state index in [1.165, 1.54) is 25.7 Å². The first-order valence-corrected chi connectivity index (χ1v) is 5.16. The summed E-state index contributed by atoms with van der Waals surface area (Å²) in [5, 5.41) is 0.434. The van der Waals surface area contributed by atoms with E-state index in [-0.39, 0.29) is 18.4 Å². The lowest BCUT2D eigenvalue weighted by Gasteiger charge is -2.15. The number of hydrogen-bond donors (Lipinski definition) is 1. The standard InChI is InChI=1S/C10H14ClNO.ClH/c11-9-6-5-8(13-9)10(12)7-3-1-2-4-7;/h5-7,10H,1-4,12H2;1H/t10-;/m0./s1. The molecule has 0 radical (unpaired) electrons. The molecule has 14 heavy (non-hydrogen) atoms. The second kappa shape index (κ2) is 5.06. The number of furan rings is 1. The van der Waals surface area contributed by atoms with Crippen LogP contribution in [0.5, 0.6) is 0 Å². The third-order valence-corrected chi connectivity index (χ3v) is 3.03. The summed E-state index contributed by atoms with van der Waals surface area (Å²) in [6, 6.07) is 3.67. The van der Waals surface area contributed by atoms with Crippen molar-refractivity contribution < 1.29 is 4.42 Å². The molecule has 1 saturated carbocycles. The Labute approximate surface area is 95.2 Å². The van der Waals surface area contributed by atoms with Gasteiger partial charge < -0.3 is 10.2 Å². The number of halogens is 2. The Kier molecular flexibility index (Phi) is 4.30. The molecule has 0 aromatic carbocycles. The van der Waals surface area contributed by atoms with Crippen molar-refractivity contribution in [2.45, 2.75) is 31.7 Å². The number of hydrogen-bond acceptors (Lipinski definition) is 2. The predicted octanol–water partition coefficient (Wildman–Crippen LogP) is 3.54. The summed E-state index contributed by atoms with van der Waals surface area (Å²) in [7, 11) is 0. The Morgan fingerprint density at radius 1 is 1.36 bits per heavy atom. The van der Waals surface area contributed by atoms with Crippen molar-refractivity contribution >= 4 is 24.0 Å². The van der Waals surface area contributed by atoms with Gasteiger partial charge in [0.15, 0.2) is 5.22 Å². The molecule has 1 atom stereocenters. The topological polar surface area (TPSA) is 39.2 Å². The minimum Gasteiger partial charge on any atom is -0.448 e. The van der Waals surface area contributed by atoms with Crippen LogP contribution in [0.15, 0.2) is 16.5 Å². The van der Waals surface area contributed by atoms with Crippen molar-refractivity contribution in [3.05, 3.63) is 23.1 Å². The fraction of sp³-hybridized carbons (Fsp3) is 0.600. The van der Waals surface area contributed by atoms with Crippen LogP contribution >= 0.6 is 24.0 Å². The van der Waals surface area contributed by atoms with Crippen LogP contribution in [0.2, 0.25) is 5.22 Å². The molecule has 2 nitrogen and oxygen atoms in total. The van der Waals surface area contributed by atoms with E-state index in [0.29, 0.717) is 11.1 Å². The highest BCUT2D eigenvalue weighted by atomic mass is 35.5. The fourth-order valence-electron chi connectivity index (χ4n) is 2.06. The molecule has 1 fully saturated rings. The van der Waals surface area contributed by atoms with E-state index in [1.54, 1.807) is 6.07 Å². The molecule has 0 unspecified atom stereocenters. The van der Waals surface area contributed by atoms with Crippen LogP contribution in [-0.4, -0.2) is 0 Å². The Morgan fingerprint density at radius 3 is 2.50 bits per heavy atom. The average Bonchev–Trinajstić information content (AvgIpc) is 2.72. The van der Waals surface area contributed by atoms with E-state index in [4.69, 9.17) is 21.8 Å². The molecule has 1 aromatic rings. The molecule has 0 saturated heterocycles. The van der Waals surface area contributed by atoms with Crippen molar-refractivity contribution in [1.29, 1.82) is 0 Å². The van der Waals surface area contributed by atoms with Crippen LogP contribution in [0.3, 0.4) is 0 Å². The van der Waals surface area contributed by atoms with Gasteiger partial charge in [-0.1, -0.05) is 12.8 Å². The molecule has 0 amide bonds. The maximum atomic E-state index is 6.06. The maximum Gasteiger partial charge on any atom is 0.193 e. The van der Waals surface area contributed by atoms with E-state index < -0.39 is 0 Å². The van der Waals surface area contributed by atoms with Gasteiger partial charge in [-0.3, -0.25) is 0 Å². The van der Waals surface area contributed by atoms with Gasteiger partial charge in [-0.2, -0.15) is 0 Å². The molecule has 1 aliphatic rings. The van der Waals surface area contributed by atoms with Crippen molar-refractivity contribution in [3.63, 3.8) is 0 Å². The molecule has 2 rings (SSSR count). The van der Waals surface area contributed by atoms with Crippen LogP contribution in [0.1, 0.15) is 37.5 Å². The summed E-state index contributed by atoms with van der Waals surface area (Å²) in [6.07, 6.45) is 5.04. The largest absolute Gasteiger partial charge is 0.448 e. The van der Waals surface area contributed by atoms with Crippen molar-refractivity contribution in [1.82, 2.24) is 0 Å². The average molecular weight is 236 g/mol. The van der Waals surface area contributed by atoms with Crippen LogP contribution in [-0.2, 0) is 0 Å². The van der Waals surface area contributed by atoms with Crippen molar-refractivity contribution in [2.24, 2.45) is 11.7 Å². The first-order valence-electron chi connectivity index (χ1n) is 4.78. The fourth-order valence-corrected chi connectivity index (χ4v) is 2.21. The minimum absolute atomic E-state index is 0.